The molecule has 1 aliphatic heterocycles. The van der Waals surface area contributed by atoms with E-state index in [1.807, 2.05) is 0 Å². The van der Waals surface area contributed by atoms with Crippen molar-refractivity contribution in [1.82, 2.24) is 4.72 Å². The summed E-state index contributed by atoms with van der Waals surface area (Å²) in [6, 6.07) is 5.10. The summed E-state index contributed by atoms with van der Waals surface area (Å²) < 4.78 is 26.3. The van der Waals surface area contributed by atoms with Crippen molar-refractivity contribution >= 4 is 34.0 Å². The van der Waals surface area contributed by atoms with E-state index in [0.717, 1.165) is 43.4 Å². The first-order valence-corrected chi connectivity index (χ1v) is 9.54. The summed E-state index contributed by atoms with van der Waals surface area (Å²) in [5.74, 6) is 0.0344. The van der Waals surface area contributed by atoms with Crippen LogP contribution >= 0.6 is 12.4 Å². The van der Waals surface area contributed by atoms with Crippen molar-refractivity contribution in [3.8, 4) is 0 Å². The lowest BCUT2D eigenvalue weighted by Crippen LogP contribution is -2.40. The van der Waals surface area contributed by atoms with Gasteiger partial charge in [-0.15, -0.1) is 12.4 Å². The predicted molar refractivity (Wildman–Crippen MR) is 95.9 cm³/mol. The maximum atomic E-state index is 12.8. The van der Waals surface area contributed by atoms with Crippen LogP contribution < -0.4 is 15.4 Å². The summed E-state index contributed by atoms with van der Waals surface area (Å²) in [5.41, 5.74) is 7.75. The lowest BCUT2D eigenvalue weighted by Gasteiger charge is -2.29. The van der Waals surface area contributed by atoms with Crippen molar-refractivity contribution in [2.24, 2.45) is 11.7 Å². The molecule has 3 N–H and O–H groups in total. The third-order valence-corrected chi connectivity index (χ3v) is 6.27. The molecule has 0 spiro atoms. The van der Waals surface area contributed by atoms with Gasteiger partial charge >= 0.3 is 0 Å². The van der Waals surface area contributed by atoms with Gasteiger partial charge in [0.25, 0.3) is 0 Å². The molecule has 1 heterocycles. The number of nitrogens with two attached hydrogens (primary N) is 1. The van der Waals surface area contributed by atoms with Crippen LogP contribution in [0.5, 0.6) is 0 Å². The highest BCUT2D eigenvalue weighted by Crippen LogP contribution is 2.34. The molecule has 1 aliphatic carbocycles. The minimum Gasteiger partial charge on any atom is -0.328 e. The Kier molecular flexibility index (Phi) is 5.91. The van der Waals surface area contributed by atoms with Crippen molar-refractivity contribution in [2.75, 3.05) is 18.5 Å². The SMILES string of the molecule is CNS(=O)(=O)c1ccc2c(c1)N(C(=O)C1CCCC(N)C1)CC2.Cl. The second kappa shape index (κ2) is 7.39. The summed E-state index contributed by atoms with van der Waals surface area (Å²) >= 11 is 0. The van der Waals surface area contributed by atoms with E-state index >= 15 is 0 Å². The van der Waals surface area contributed by atoms with E-state index in [1.165, 1.54) is 7.05 Å². The van der Waals surface area contributed by atoms with E-state index in [2.05, 4.69) is 4.72 Å². The predicted octanol–water partition coefficient (Wildman–Crippen LogP) is 1.42. The van der Waals surface area contributed by atoms with Crippen LogP contribution in [0.2, 0.25) is 0 Å². The van der Waals surface area contributed by atoms with Crippen molar-refractivity contribution in [2.45, 2.75) is 43.0 Å². The largest absolute Gasteiger partial charge is 0.328 e. The zero-order valence-corrected chi connectivity index (χ0v) is 15.3. The van der Waals surface area contributed by atoms with Gasteiger partial charge in [0.2, 0.25) is 15.9 Å². The van der Waals surface area contributed by atoms with Gasteiger partial charge in [-0.25, -0.2) is 13.1 Å². The van der Waals surface area contributed by atoms with Crippen LogP contribution in [0.15, 0.2) is 23.1 Å². The van der Waals surface area contributed by atoms with Crippen LogP contribution in [-0.4, -0.2) is 34.0 Å². The van der Waals surface area contributed by atoms with Crippen molar-refractivity contribution in [3.05, 3.63) is 23.8 Å². The van der Waals surface area contributed by atoms with Crippen LogP contribution in [-0.2, 0) is 21.2 Å². The minimum absolute atomic E-state index is 0. The number of sulfonamides is 1. The summed E-state index contributed by atoms with van der Waals surface area (Å²) in [7, 11) is -2.13. The molecule has 134 valence electrons. The Balaban J connectivity index is 0.00000208. The molecule has 1 amide bonds. The number of anilines is 1. The number of carbonyl (C=O) groups is 1. The molecule has 3 rings (SSSR count). The van der Waals surface area contributed by atoms with Crippen molar-refractivity contribution in [3.63, 3.8) is 0 Å². The molecule has 1 aromatic carbocycles. The molecule has 8 heteroatoms. The van der Waals surface area contributed by atoms with E-state index < -0.39 is 10.0 Å². The van der Waals surface area contributed by atoms with Crippen LogP contribution in [0.3, 0.4) is 0 Å². The monoisotopic (exact) mass is 373 g/mol. The van der Waals surface area contributed by atoms with Gasteiger partial charge < -0.3 is 10.6 Å². The standard InChI is InChI=1S/C16H23N3O3S.ClH/c1-18-23(21,22)14-6-5-11-7-8-19(15(11)10-14)16(20)12-3-2-4-13(17)9-12;/h5-6,10,12-13,18H,2-4,7-9,17H2,1H3;1H. The number of carbonyl (C=O) groups excluding carboxylic acids is 1. The molecule has 0 bridgehead atoms. The van der Waals surface area contributed by atoms with Crippen LogP contribution in [0, 0.1) is 5.92 Å². The minimum atomic E-state index is -3.51. The molecular formula is C16H24ClN3O3S. The third-order valence-electron chi connectivity index (χ3n) is 4.86. The summed E-state index contributed by atoms with van der Waals surface area (Å²) in [6.45, 7) is 0.614. The van der Waals surface area contributed by atoms with Gasteiger partial charge in [-0.05, 0) is 50.4 Å². The summed E-state index contributed by atoms with van der Waals surface area (Å²) in [5, 5.41) is 0. The second-order valence-corrected chi connectivity index (χ2v) is 8.25. The number of nitrogens with one attached hydrogen (secondary N) is 1. The lowest BCUT2D eigenvalue weighted by molar-refractivity contribution is -0.123. The highest BCUT2D eigenvalue weighted by molar-refractivity contribution is 7.89. The average Bonchev–Trinajstić information content (AvgIpc) is 2.97. The van der Waals surface area contributed by atoms with Crippen LogP contribution in [0.25, 0.3) is 0 Å². The van der Waals surface area contributed by atoms with E-state index in [9.17, 15) is 13.2 Å². The fourth-order valence-corrected chi connectivity index (χ4v) is 4.29. The molecule has 0 radical (unpaired) electrons. The van der Waals surface area contributed by atoms with Crippen molar-refractivity contribution in [1.29, 1.82) is 0 Å². The summed E-state index contributed by atoms with van der Waals surface area (Å²) in [4.78, 5) is 14.8. The van der Waals surface area contributed by atoms with Crippen LogP contribution in [0.4, 0.5) is 5.69 Å². The van der Waals surface area contributed by atoms with E-state index in [0.29, 0.717) is 6.54 Å². The Hall–Kier alpha value is -1.15. The molecule has 2 unspecified atom stereocenters. The topological polar surface area (TPSA) is 92.5 Å². The molecule has 2 aliphatic rings. The van der Waals surface area contributed by atoms with Gasteiger partial charge in [-0.2, -0.15) is 0 Å². The Morgan fingerprint density at radius 3 is 2.75 bits per heavy atom. The van der Waals surface area contributed by atoms with Gasteiger partial charge in [0, 0.05) is 24.2 Å². The quantitative estimate of drug-likeness (QED) is 0.838. The van der Waals surface area contributed by atoms with E-state index in [1.54, 1.807) is 23.1 Å². The Morgan fingerprint density at radius 2 is 2.08 bits per heavy atom. The maximum Gasteiger partial charge on any atom is 0.240 e. The highest BCUT2D eigenvalue weighted by Gasteiger charge is 2.33. The maximum absolute atomic E-state index is 12.8. The molecule has 6 nitrogen and oxygen atoms in total. The molecule has 24 heavy (non-hydrogen) atoms. The fraction of sp³-hybridized carbons (Fsp3) is 0.562. The second-order valence-electron chi connectivity index (χ2n) is 6.36. The number of rotatable bonds is 3. The number of fused-ring (bicyclic) bond motifs is 1. The zero-order valence-electron chi connectivity index (χ0n) is 13.7. The van der Waals surface area contributed by atoms with Gasteiger partial charge in [0.05, 0.1) is 4.90 Å². The third kappa shape index (κ3) is 3.59. The van der Waals surface area contributed by atoms with Gasteiger partial charge in [0.1, 0.15) is 0 Å². The number of amides is 1. The van der Waals surface area contributed by atoms with E-state index in [-0.39, 0.29) is 35.2 Å². The normalized spacial score (nSPS) is 23.5. The first-order valence-electron chi connectivity index (χ1n) is 8.06. The lowest BCUT2D eigenvalue weighted by atomic mass is 9.85. The smallest absolute Gasteiger partial charge is 0.240 e. The Labute approximate surface area is 149 Å². The van der Waals surface area contributed by atoms with Gasteiger partial charge in [-0.1, -0.05) is 12.5 Å². The van der Waals surface area contributed by atoms with Gasteiger partial charge in [0.15, 0.2) is 0 Å². The first-order chi connectivity index (χ1) is 10.9. The molecular weight excluding hydrogens is 350 g/mol. The summed E-state index contributed by atoms with van der Waals surface area (Å²) in [6.07, 6.45) is 4.31. The average molecular weight is 374 g/mol. The number of hydrogen-bond donors (Lipinski definition) is 2. The van der Waals surface area contributed by atoms with Crippen LogP contribution in [0.1, 0.15) is 31.2 Å². The molecule has 1 fully saturated rings. The van der Waals surface area contributed by atoms with Gasteiger partial charge in [-0.3, -0.25) is 4.79 Å². The number of benzene rings is 1. The molecule has 0 aromatic heterocycles. The zero-order chi connectivity index (χ0) is 16.6. The Morgan fingerprint density at radius 1 is 1.33 bits per heavy atom. The number of nitrogens with zero attached hydrogens (tertiary/aromatic N) is 1. The molecule has 2 atom stereocenters. The fourth-order valence-electron chi connectivity index (χ4n) is 3.55. The highest BCUT2D eigenvalue weighted by atomic mass is 35.5. The molecule has 1 aromatic rings. The Bertz CT molecular complexity index is 723. The first kappa shape index (κ1) is 19.2. The number of halogens is 1. The molecule has 0 saturated heterocycles. The van der Waals surface area contributed by atoms with Crippen molar-refractivity contribution < 1.29 is 13.2 Å². The number of hydrogen-bond acceptors (Lipinski definition) is 4. The molecule has 1 saturated carbocycles. The van der Waals surface area contributed by atoms with E-state index in [4.69, 9.17) is 5.73 Å².